The third kappa shape index (κ3) is 3.99. The molecule has 1 fully saturated rings. The number of carbonyl (C=O) groups excluding carboxylic acids is 1. The lowest BCUT2D eigenvalue weighted by atomic mass is 9.96. The molecule has 0 radical (unpaired) electrons. The third-order valence-electron chi connectivity index (χ3n) is 6.05. The Labute approximate surface area is 188 Å². The maximum Gasteiger partial charge on any atom is 0.434 e. The van der Waals surface area contributed by atoms with Crippen LogP contribution in [0.15, 0.2) is 54.7 Å². The molecule has 33 heavy (non-hydrogen) atoms. The number of fused-ring (bicyclic) bond motifs is 1. The van der Waals surface area contributed by atoms with Gasteiger partial charge in [0, 0.05) is 19.0 Å². The molecule has 1 atom stereocenters. The van der Waals surface area contributed by atoms with E-state index in [0.29, 0.717) is 19.5 Å². The predicted molar refractivity (Wildman–Crippen MR) is 117 cm³/mol. The van der Waals surface area contributed by atoms with Gasteiger partial charge >= 0.3 is 6.18 Å². The first-order chi connectivity index (χ1) is 15.8. The molecule has 9 heteroatoms. The Bertz CT molecular complexity index is 1270. The summed E-state index contributed by atoms with van der Waals surface area (Å²) >= 11 is 0. The molecular formula is C24H22F3N5O. The number of para-hydroxylation sites is 2. The van der Waals surface area contributed by atoms with Gasteiger partial charge in [0.15, 0.2) is 5.69 Å². The van der Waals surface area contributed by atoms with Crippen LogP contribution in [0.25, 0.3) is 16.7 Å². The van der Waals surface area contributed by atoms with Crippen LogP contribution >= 0.6 is 0 Å². The Hall–Kier alpha value is -3.62. The molecule has 0 bridgehead atoms. The number of H-pyrrole nitrogens is 1. The maximum atomic E-state index is 14.0. The number of halogens is 3. The first kappa shape index (κ1) is 21.2. The number of hydrogen-bond acceptors (Lipinski definition) is 3. The van der Waals surface area contributed by atoms with Crippen LogP contribution in [-0.4, -0.2) is 43.6 Å². The number of benzene rings is 2. The summed E-state index contributed by atoms with van der Waals surface area (Å²) in [5.74, 6) is 0.0122. The molecule has 0 spiro atoms. The van der Waals surface area contributed by atoms with Crippen molar-refractivity contribution in [2.24, 2.45) is 0 Å². The Kier molecular flexibility index (Phi) is 5.19. The second-order valence-corrected chi connectivity index (χ2v) is 8.38. The SMILES string of the molecule is Cc1ccc(-n2ncc(C(=O)N3CCCC(c4nc5ccccc5[nH]4)C3)c2C(F)(F)F)cc1. The number of aromatic nitrogens is 4. The van der Waals surface area contributed by atoms with Crippen molar-refractivity contribution in [2.75, 3.05) is 13.1 Å². The molecule has 1 N–H and O–H groups in total. The molecular weight excluding hydrogens is 431 g/mol. The molecule has 5 rings (SSSR count). The highest BCUT2D eigenvalue weighted by molar-refractivity contribution is 5.95. The zero-order chi connectivity index (χ0) is 23.2. The topological polar surface area (TPSA) is 66.8 Å². The van der Waals surface area contributed by atoms with Crippen molar-refractivity contribution < 1.29 is 18.0 Å². The highest BCUT2D eigenvalue weighted by Gasteiger charge is 2.42. The lowest BCUT2D eigenvalue weighted by molar-refractivity contribution is -0.143. The Morgan fingerprint density at radius 2 is 1.88 bits per heavy atom. The smallest absolute Gasteiger partial charge is 0.342 e. The quantitative estimate of drug-likeness (QED) is 0.470. The molecule has 2 aromatic carbocycles. The Balaban J connectivity index is 1.45. The van der Waals surface area contributed by atoms with Crippen LogP contribution in [0, 0.1) is 6.92 Å². The number of amides is 1. The van der Waals surface area contributed by atoms with Crippen LogP contribution in [0.4, 0.5) is 13.2 Å². The van der Waals surface area contributed by atoms with Crippen LogP contribution in [0.5, 0.6) is 0 Å². The second-order valence-electron chi connectivity index (χ2n) is 8.38. The minimum atomic E-state index is -4.74. The van der Waals surface area contributed by atoms with E-state index in [4.69, 9.17) is 0 Å². The van der Waals surface area contributed by atoms with Crippen molar-refractivity contribution in [1.29, 1.82) is 0 Å². The summed E-state index contributed by atoms with van der Waals surface area (Å²) in [5.41, 5.74) is 1.41. The summed E-state index contributed by atoms with van der Waals surface area (Å²) in [7, 11) is 0. The number of rotatable bonds is 3. The average Bonchev–Trinajstić information content (AvgIpc) is 3.44. The van der Waals surface area contributed by atoms with Crippen molar-refractivity contribution in [3.63, 3.8) is 0 Å². The van der Waals surface area contributed by atoms with E-state index >= 15 is 0 Å². The number of likely N-dealkylation sites (tertiary alicyclic amines) is 1. The van der Waals surface area contributed by atoms with E-state index in [2.05, 4.69) is 15.1 Å². The zero-order valence-corrected chi connectivity index (χ0v) is 17.9. The number of imidazole rings is 1. The van der Waals surface area contributed by atoms with Crippen molar-refractivity contribution in [3.05, 3.63) is 77.4 Å². The van der Waals surface area contributed by atoms with E-state index in [1.54, 1.807) is 24.3 Å². The van der Waals surface area contributed by atoms with Crippen LogP contribution in [0.3, 0.4) is 0 Å². The first-order valence-corrected chi connectivity index (χ1v) is 10.8. The van der Waals surface area contributed by atoms with Gasteiger partial charge in [-0.3, -0.25) is 4.79 Å². The van der Waals surface area contributed by atoms with E-state index in [-0.39, 0.29) is 11.6 Å². The Morgan fingerprint density at radius 3 is 2.61 bits per heavy atom. The van der Waals surface area contributed by atoms with Gasteiger partial charge in [-0.15, -0.1) is 0 Å². The normalized spacial score (nSPS) is 17.0. The van der Waals surface area contributed by atoms with Gasteiger partial charge in [-0.1, -0.05) is 29.8 Å². The molecule has 170 valence electrons. The summed E-state index contributed by atoms with van der Waals surface area (Å²) in [4.78, 5) is 22.6. The zero-order valence-electron chi connectivity index (χ0n) is 17.9. The monoisotopic (exact) mass is 453 g/mol. The van der Waals surface area contributed by atoms with E-state index in [9.17, 15) is 18.0 Å². The van der Waals surface area contributed by atoms with E-state index in [1.165, 1.54) is 4.90 Å². The summed E-state index contributed by atoms with van der Waals surface area (Å²) in [5, 5.41) is 3.94. The summed E-state index contributed by atoms with van der Waals surface area (Å²) in [6.07, 6.45) is -2.23. The van der Waals surface area contributed by atoms with E-state index < -0.39 is 23.3 Å². The lowest BCUT2D eigenvalue weighted by Gasteiger charge is -2.32. The molecule has 0 saturated carbocycles. The molecule has 1 aliphatic heterocycles. The van der Waals surface area contributed by atoms with Crippen molar-refractivity contribution >= 4 is 16.9 Å². The fourth-order valence-electron chi connectivity index (χ4n) is 4.38. The van der Waals surface area contributed by atoms with Crippen LogP contribution in [0.2, 0.25) is 0 Å². The van der Waals surface area contributed by atoms with Crippen molar-refractivity contribution in [2.45, 2.75) is 31.9 Å². The van der Waals surface area contributed by atoms with E-state index in [1.807, 2.05) is 31.2 Å². The minimum Gasteiger partial charge on any atom is -0.342 e. The predicted octanol–water partition coefficient (Wildman–Crippen LogP) is 5.10. The molecule has 0 aliphatic carbocycles. The summed E-state index contributed by atoms with van der Waals surface area (Å²) in [6, 6.07) is 14.2. The van der Waals surface area contributed by atoms with E-state index in [0.717, 1.165) is 39.7 Å². The molecule has 1 aliphatic rings. The van der Waals surface area contributed by atoms with Gasteiger partial charge in [-0.05, 0) is 44.0 Å². The third-order valence-corrected chi connectivity index (χ3v) is 6.05. The molecule has 6 nitrogen and oxygen atoms in total. The van der Waals surface area contributed by atoms with Gasteiger partial charge in [0.05, 0.1) is 28.5 Å². The Morgan fingerprint density at radius 1 is 1.12 bits per heavy atom. The van der Waals surface area contributed by atoms with Crippen LogP contribution < -0.4 is 0 Å². The number of carbonyl (C=O) groups is 1. The fourth-order valence-corrected chi connectivity index (χ4v) is 4.38. The molecule has 1 amide bonds. The number of aryl methyl sites for hydroxylation is 1. The largest absolute Gasteiger partial charge is 0.434 e. The van der Waals surface area contributed by atoms with Crippen LogP contribution in [0.1, 0.15) is 46.2 Å². The number of alkyl halides is 3. The van der Waals surface area contributed by atoms with Crippen molar-refractivity contribution in [3.8, 4) is 5.69 Å². The fraction of sp³-hybridized carbons (Fsp3) is 0.292. The second kappa shape index (κ2) is 8.06. The molecule has 3 heterocycles. The van der Waals surface area contributed by atoms with Gasteiger partial charge in [0.2, 0.25) is 0 Å². The number of piperidine rings is 1. The standard InChI is InChI=1S/C24H22F3N5O/c1-15-8-10-17(11-9-15)32-21(24(25,26)27)18(13-28-32)23(33)31-12-4-5-16(14-31)22-29-19-6-2-3-7-20(19)30-22/h2-3,6-11,13,16H,4-5,12,14H2,1H3,(H,29,30). The minimum absolute atomic E-state index is 0.0726. The molecule has 1 saturated heterocycles. The van der Waals surface area contributed by atoms with Gasteiger partial charge < -0.3 is 9.88 Å². The average molecular weight is 453 g/mol. The highest BCUT2D eigenvalue weighted by Crippen LogP contribution is 2.35. The van der Waals surface area contributed by atoms with Gasteiger partial charge in [-0.25, -0.2) is 9.67 Å². The molecule has 4 aromatic rings. The number of hydrogen-bond donors (Lipinski definition) is 1. The molecule has 2 aromatic heterocycles. The van der Waals surface area contributed by atoms with Gasteiger partial charge in [0.25, 0.3) is 5.91 Å². The van der Waals surface area contributed by atoms with Crippen molar-refractivity contribution in [1.82, 2.24) is 24.6 Å². The molecule has 1 unspecified atom stereocenters. The maximum absolute atomic E-state index is 14.0. The highest BCUT2D eigenvalue weighted by atomic mass is 19.4. The number of aromatic amines is 1. The van der Waals surface area contributed by atoms with Gasteiger partial charge in [0.1, 0.15) is 5.82 Å². The first-order valence-electron chi connectivity index (χ1n) is 10.8. The van der Waals surface area contributed by atoms with Gasteiger partial charge in [-0.2, -0.15) is 18.3 Å². The number of nitrogens with one attached hydrogen (secondary N) is 1. The summed E-state index contributed by atoms with van der Waals surface area (Å²) in [6.45, 7) is 2.54. The van der Waals surface area contributed by atoms with Crippen LogP contribution in [-0.2, 0) is 6.18 Å². The number of nitrogens with zero attached hydrogens (tertiary/aromatic N) is 4. The lowest BCUT2D eigenvalue weighted by Crippen LogP contribution is -2.40. The summed E-state index contributed by atoms with van der Waals surface area (Å²) < 4.78 is 42.9.